The molecule has 4 heteroatoms. The van der Waals surface area contributed by atoms with E-state index in [0.29, 0.717) is 18.2 Å². The first-order chi connectivity index (χ1) is 10.1. The topological polar surface area (TPSA) is 21.3 Å². The molecule has 1 N–H and O–H groups in total. The zero-order valence-corrected chi connectivity index (χ0v) is 13.3. The summed E-state index contributed by atoms with van der Waals surface area (Å²) in [5, 5.41) is 4.79. The molecule has 0 fully saturated rings. The van der Waals surface area contributed by atoms with Crippen molar-refractivity contribution < 1.29 is 4.74 Å². The van der Waals surface area contributed by atoms with Crippen LogP contribution in [0.5, 0.6) is 5.75 Å². The van der Waals surface area contributed by atoms with Crippen LogP contribution in [-0.4, -0.2) is 6.61 Å². The van der Waals surface area contributed by atoms with Gasteiger partial charge in [0.15, 0.2) is 0 Å². The second-order valence-corrected chi connectivity index (χ2v) is 5.46. The van der Waals surface area contributed by atoms with E-state index >= 15 is 0 Å². The van der Waals surface area contributed by atoms with Crippen LogP contribution in [-0.2, 0) is 6.54 Å². The average molecular weight is 322 g/mol. The largest absolute Gasteiger partial charge is 0.489 e. The Kier molecular flexibility index (Phi) is 5.54. The normalized spacial score (nSPS) is 10.2. The van der Waals surface area contributed by atoms with Gasteiger partial charge in [-0.25, -0.2) is 0 Å². The van der Waals surface area contributed by atoms with Crippen LogP contribution in [0.3, 0.4) is 0 Å². The molecule has 0 aliphatic heterocycles. The van der Waals surface area contributed by atoms with Crippen LogP contribution in [0.2, 0.25) is 10.0 Å². The molecule has 2 aromatic carbocycles. The van der Waals surface area contributed by atoms with E-state index < -0.39 is 0 Å². The number of anilines is 1. The predicted molar refractivity (Wildman–Crippen MR) is 90.7 cm³/mol. The fraction of sp³-hybridized carbons (Fsp3) is 0.176. The van der Waals surface area contributed by atoms with Gasteiger partial charge in [0.2, 0.25) is 0 Å². The lowest BCUT2D eigenvalue weighted by molar-refractivity contribution is 0.359. The Hall–Kier alpha value is -1.64. The highest BCUT2D eigenvalue weighted by Gasteiger charge is 2.06. The number of hydrogen-bond acceptors (Lipinski definition) is 2. The lowest BCUT2D eigenvalue weighted by Crippen LogP contribution is -2.04. The Bertz CT molecular complexity index is 641. The summed E-state index contributed by atoms with van der Waals surface area (Å²) in [6, 6.07) is 11.4. The number of hydrogen-bond donors (Lipinski definition) is 1. The molecule has 0 radical (unpaired) electrons. The Labute approximate surface area is 135 Å². The van der Waals surface area contributed by atoms with Gasteiger partial charge in [0, 0.05) is 27.8 Å². The third-order valence-corrected chi connectivity index (χ3v) is 3.76. The van der Waals surface area contributed by atoms with Gasteiger partial charge in [-0.15, -0.1) is 0 Å². The van der Waals surface area contributed by atoms with E-state index in [9.17, 15) is 0 Å². The van der Waals surface area contributed by atoms with E-state index in [1.165, 1.54) is 0 Å². The third kappa shape index (κ3) is 4.16. The minimum absolute atomic E-state index is 0.463. The van der Waals surface area contributed by atoms with Gasteiger partial charge in [-0.1, -0.05) is 41.9 Å². The number of benzene rings is 2. The zero-order chi connectivity index (χ0) is 15.2. The summed E-state index contributed by atoms with van der Waals surface area (Å²) in [5.74, 6) is 0.798. The van der Waals surface area contributed by atoms with Gasteiger partial charge in [-0.05, 0) is 42.8 Å². The Morgan fingerprint density at radius 2 is 2.05 bits per heavy atom. The first-order valence-electron chi connectivity index (χ1n) is 6.63. The van der Waals surface area contributed by atoms with E-state index in [0.717, 1.165) is 27.6 Å². The zero-order valence-electron chi connectivity index (χ0n) is 11.8. The van der Waals surface area contributed by atoms with Gasteiger partial charge in [-0.3, -0.25) is 0 Å². The van der Waals surface area contributed by atoms with Crippen LogP contribution in [0, 0.1) is 6.92 Å². The molecule has 0 heterocycles. The summed E-state index contributed by atoms with van der Waals surface area (Å²) in [5.41, 5.74) is 3.01. The minimum atomic E-state index is 0.463. The van der Waals surface area contributed by atoms with Crippen molar-refractivity contribution in [3.63, 3.8) is 0 Å². The molecule has 0 saturated carbocycles. The van der Waals surface area contributed by atoms with Gasteiger partial charge in [0.05, 0.1) is 0 Å². The van der Waals surface area contributed by atoms with Gasteiger partial charge < -0.3 is 10.1 Å². The molecule has 110 valence electrons. The summed E-state index contributed by atoms with van der Waals surface area (Å²) in [7, 11) is 0. The Morgan fingerprint density at radius 3 is 2.81 bits per heavy atom. The minimum Gasteiger partial charge on any atom is -0.489 e. The molecule has 0 saturated heterocycles. The fourth-order valence-corrected chi connectivity index (χ4v) is 2.33. The molecule has 0 spiro atoms. The molecule has 0 aromatic heterocycles. The number of rotatable bonds is 6. The van der Waals surface area contributed by atoms with E-state index in [1.807, 2.05) is 43.3 Å². The van der Waals surface area contributed by atoms with Gasteiger partial charge in [0.1, 0.15) is 12.4 Å². The van der Waals surface area contributed by atoms with E-state index in [4.69, 9.17) is 27.9 Å². The molecule has 0 unspecified atom stereocenters. The van der Waals surface area contributed by atoms with Crippen LogP contribution in [0.15, 0.2) is 49.1 Å². The van der Waals surface area contributed by atoms with Crippen molar-refractivity contribution >= 4 is 28.9 Å². The second-order valence-electron chi connectivity index (χ2n) is 4.62. The molecule has 0 aliphatic rings. The molecule has 2 aromatic rings. The molecule has 0 aliphatic carbocycles. The number of nitrogens with one attached hydrogen (secondary N) is 1. The molecular formula is C17H17Cl2NO. The summed E-state index contributed by atoms with van der Waals surface area (Å²) in [6.07, 6.45) is 1.72. The van der Waals surface area contributed by atoms with Crippen LogP contribution < -0.4 is 10.1 Å². The smallest absolute Gasteiger partial charge is 0.124 e. The highest BCUT2D eigenvalue weighted by Crippen LogP contribution is 2.27. The molecular weight excluding hydrogens is 305 g/mol. The maximum atomic E-state index is 6.12. The maximum Gasteiger partial charge on any atom is 0.124 e. The summed E-state index contributed by atoms with van der Waals surface area (Å²) in [4.78, 5) is 0. The van der Waals surface area contributed by atoms with Crippen LogP contribution in [0.1, 0.15) is 11.1 Å². The average Bonchev–Trinajstić information content (AvgIpc) is 2.48. The standard InChI is InChI=1S/C17H17Cl2NO/c1-3-9-21-17-8-7-14(18)10-13(17)11-20-16-6-4-5-15(19)12(16)2/h3-8,10,20H,1,9,11H2,2H3. The molecule has 0 atom stereocenters. The number of ether oxygens (including phenoxy) is 1. The van der Waals surface area contributed by atoms with Crippen molar-refractivity contribution in [2.75, 3.05) is 11.9 Å². The predicted octanol–water partition coefficient (Wildman–Crippen LogP) is 5.48. The van der Waals surface area contributed by atoms with Crippen LogP contribution in [0.25, 0.3) is 0 Å². The first kappa shape index (κ1) is 15.7. The Balaban J connectivity index is 2.16. The highest BCUT2D eigenvalue weighted by atomic mass is 35.5. The monoisotopic (exact) mass is 321 g/mol. The summed E-state index contributed by atoms with van der Waals surface area (Å²) in [6.45, 7) is 6.71. The highest BCUT2D eigenvalue weighted by molar-refractivity contribution is 6.31. The summed E-state index contributed by atoms with van der Waals surface area (Å²) < 4.78 is 5.64. The first-order valence-corrected chi connectivity index (χ1v) is 7.38. The maximum absolute atomic E-state index is 6.12. The molecule has 21 heavy (non-hydrogen) atoms. The van der Waals surface area contributed by atoms with Crippen LogP contribution in [0.4, 0.5) is 5.69 Å². The molecule has 0 bridgehead atoms. The molecule has 0 amide bonds. The van der Waals surface area contributed by atoms with Gasteiger partial charge >= 0.3 is 0 Å². The molecule has 2 nitrogen and oxygen atoms in total. The number of halogens is 2. The quantitative estimate of drug-likeness (QED) is 0.711. The van der Waals surface area contributed by atoms with E-state index in [-0.39, 0.29) is 0 Å². The van der Waals surface area contributed by atoms with E-state index in [1.54, 1.807) is 6.08 Å². The van der Waals surface area contributed by atoms with Crippen molar-refractivity contribution in [2.24, 2.45) is 0 Å². The van der Waals surface area contributed by atoms with Crippen LogP contribution >= 0.6 is 23.2 Å². The van der Waals surface area contributed by atoms with Gasteiger partial charge in [0.25, 0.3) is 0 Å². The summed E-state index contributed by atoms with van der Waals surface area (Å²) >= 11 is 12.2. The van der Waals surface area contributed by atoms with Crippen molar-refractivity contribution in [1.82, 2.24) is 0 Å². The SMILES string of the molecule is C=CCOc1ccc(Cl)cc1CNc1cccc(Cl)c1C. The molecule has 2 rings (SSSR count). The van der Waals surface area contributed by atoms with Gasteiger partial charge in [-0.2, -0.15) is 0 Å². The van der Waals surface area contributed by atoms with Crippen molar-refractivity contribution in [3.8, 4) is 5.75 Å². The second kappa shape index (κ2) is 7.39. The third-order valence-electron chi connectivity index (χ3n) is 3.12. The Morgan fingerprint density at radius 1 is 1.24 bits per heavy atom. The van der Waals surface area contributed by atoms with Crippen molar-refractivity contribution in [3.05, 3.63) is 70.2 Å². The lowest BCUT2D eigenvalue weighted by Gasteiger charge is -2.14. The fourth-order valence-electron chi connectivity index (χ4n) is 1.97. The van der Waals surface area contributed by atoms with Crippen molar-refractivity contribution in [2.45, 2.75) is 13.5 Å². The van der Waals surface area contributed by atoms with E-state index in [2.05, 4.69) is 11.9 Å². The van der Waals surface area contributed by atoms with Crippen molar-refractivity contribution in [1.29, 1.82) is 0 Å². The lowest BCUT2D eigenvalue weighted by atomic mass is 10.1.